The fraction of sp³-hybridized carbons (Fsp3) is 0.400. The molecule has 1 atom stereocenters. The Morgan fingerprint density at radius 3 is 3.08 bits per heavy atom. The van der Waals surface area contributed by atoms with E-state index in [2.05, 4.69) is 5.32 Å². The van der Waals surface area contributed by atoms with Crippen molar-refractivity contribution in [2.75, 3.05) is 11.9 Å². The molecule has 2 nitrogen and oxygen atoms in total. The molecule has 1 aliphatic heterocycles. The third kappa shape index (κ3) is 1.59. The van der Waals surface area contributed by atoms with E-state index in [4.69, 9.17) is 16.3 Å². The number of aryl methyl sites for hydroxylation is 1. The molecule has 0 aliphatic carbocycles. The number of hydrogen-bond donors (Lipinski definition) is 1. The molecule has 1 heterocycles. The molecule has 0 aromatic heterocycles. The van der Waals surface area contributed by atoms with Gasteiger partial charge in [-0.25, -0.2) is 0 Å². The number of benzene rings is 1. The van der Waals surface area contributed by atoms with Gasteiger partial charge in [0, 0.05) is 5.02 Å². The first-order valence-electron chi connectivity index (χ1n) is 4.37. The van der Waals surface area contributed by atoms with Gasteiger partial charge in [-0.1, -0.05) is 11.6 Å². The molecule has 70 valence electrons. The highest BCUT2D eigenvalue weighted by Crippen LogP contribution is 2.35. The topological polar surface area (TPSA) is 21.3 Å². The van der Waals surface area contributed by atoms with Crippen molar-refractivity contribution in [1.29, 1.82) is 0 Å². The average molecular weight is 198 g/mol. The van der Waals surface area contributed by atoms with E-state index >= 15 is 0 Å². The zero-order valence-corrected chi connectivity index (χ0v) is 8.48. The zero-order valence-electron chi connectivity index (χ0n) is 7.73. The maximum Gasteiger partial charge on any atom is 0.145 e. The van der Waals surface area contributed by atoms with E-state index in [1.165, 1.54) is 0 Å². The van der Waals surface area contributed by atoms with E-state index < -0.39 is 0 Å². The summed E-state index contributed by atoms with van der Waals surface area (Å²) in [7, 11) is 0. The predicted molar refractivity (Wildman–Crippen MR) is 54.8 cm³/mol. The van der Waals surface area contributed by atoms with Gasteiger partial charge < -0.3 is 10.1 Å². The molecule has 3 heteroatoms. The summed E-state index contributed by atoms with van der Waals surface area (Å²) in [5.74, 6) is 0.933. The highest BCUT2D eigenvalue weighted by molar-refractivity contribution is 6.31. The standard InChI is InChI=1S/C10H12ClNO/c1-6-3-8(11)4-9-10(6)13-7(2)5-12-9/h3-4,7,12H,5H2,1-2H3. The van der Waals surface area contributed by atoms with Gasteiger partial charge in [0.15, 0.2) is 0 Å². The molecule has 2 rings (SSSR count). The Kier molecular flexibility index (Phi) is 2.08. The fourth-order valence-electron chi connectivity index (χ4n) is 1.51. The Morgan fingerprint density at radius 2 is 2.31 bits per heavy atom. The highest BCUT2D eigenvalue weighted by Gasteiger charge is 2.17. The van der Waals surface area contributed by atoms with E-state index in [0.29, 0.717) is 0 Å². The van der Waals surface area contributed by atoms with Gasteiger partial charge in [0.05, 0.1) is 12.2 Å². The Balaban J connectivity index is 2.47. The summed E-state index contributed by atoms with van der Waals surface area (Å²) in [5, 5.41) is 4.04. The first-order chi connectivity index (χ1) is 6.16. The SMILES string of the molecule is Cc1cc(Cl)cc2c1OC(C)CN2. The van der Waals surface area contributed by atoms with E-state index in [-0.39, 0.29) is 6.10 Å². The first kappa shape index (κ1) is 8.70. The quantitative estimate of drug-likeness (QED) is 0.691. The average Bonchev–Trinajstić information content (AvgIpc) is 2.06. The largest absolute Gasteiger partial charge is 0.486 e. The molecule has 1 unspecified atom stereocenters. The fourth-order valence-corrected chi connectivity index (χ4v) is 1.79. The van der Waals surface area contributed by atoms with Gasteiger partial charge in [0.1, 0.15) is 11.9 Å². The van der Waals surface area contributed by atoms with E-state index in [9.17, 15) is 0 Å². The number of rotatable bonds is 0. The summed E-state index contributed by atoms with van der Waals surface area (Å²) < 4.78 is 5.70. The molecule has 0 spiro atoms. The van der Waals surface area contributed by atoms with Crippen LogP contribution in [0, 0.1) is 6.92 Å². The van der Waals surface area contributed by atoms with Gasteiger partial charge >= 0.3 is 0 Å². The Morgan fingerprint density at radius 1 is 1.54 bits per heavy atom. The van der Waals surface area contributed by atoms with Gasteiger partial charge in [-0.2, -0.15) is 0 Å². The minimum absolute atomic E-state index is 0.229. The van der Waals surface area contributed by atoms with Crippen LogP contribution in [0.5, 0.6) is 5.75 Å². The number of hydrogen-bond acceptors (Lipinski definition) is 2. The molecular weight excluding hydrogens is 186 g/mol. The number of halogens is 1. The molecule has 1 aromatic carbocycles. The van der Waals surface area contributed by atoms with E-state index in [0.717, 1.165) is 28.6 Å². The smallest absolute Gasteiger partial charge is 0.145 e. The Labute approximate surface area is 82.9 Å². The summed E-state index contributed by atoms with van der Waals surface area (Å²) in [6.45, 7) is 4.89. The molecule has 0 saturated heterocycles. The zero-order chi connectivity index (χ0) is 9.42. The van der Waals surface area contributed by atoms with Crippen LogP contribution in [0.3, 0.4) is 0 Å². The van der Waals surface area contributed by atoms with Crippen LogP contribution in [0.2, 0.25) is 5.02 Å². The van der Waals surface area contributed by atoms with Crippen molar-refractivity contribution in [3.8, 4) is 5.75 Å². The second-order valence-electron chi connectivity index (χ2n) is 3.41. The van der Waals surface area contributed by atoms with Crippen LogP contribution >= 0.6 is 11.6 Å². The van der Waals surface area contributed by atoms with Crippen molar-refractivity contribution >= 4 is 17.3 Å². The summed E-state index contributed by atoms with van der Waals surface area (Å²) in [6, 6.07) is 3.82. The van der Waals surface area contributed by atoms with Crippen LogP contribution in [-0.4, -0.2) is 12.6 Å². The summed E-state index contributed by atoms with van der Waals surface area (Å²) in [5.41, 5.74) is 2.09. The molecule has 0 radical (unpaired) electrons. The number of fused-ring (bicyclic) bond motifs is 1. The lowest BCUT2D eigenvalue weighted by atomic mass is 10.1. The van der Waals surface area contributed by atoms with E-state index in [1.54, 1.807) is 0 Å². The molecule has 0 bridgehead atoms. The van der Waals surface area contributed by atoms with Crippen LogP contribution in [0.1, 0.15) is 12.5 Å². The molecule has 1 aromatic rings. The molecule has 1 aliphatic rings. The predicted octanol–water partition coefficient (Wildman–Crippen LogP) is 2.84. The van der Waals surface area contributed by atoms with Crippen LogP contribution in [0.15, 0.2) is 12.1 Å². The first-order valence-corrected chi connectivity index (χ1v) is 4.75. The van der Waals surface area contributed by atoms with Crippen molar-refractivity contribution < 1.29 is 4.74 Å². The van der Waals surface area contributed by atoms with Gasteiger partial charge in [0.2, 0.25) is 0 Å². The molecule has 0 fully saturated rings. The minimum Gasteiger partial charge on any atom is -0.486 e. The van der Waals surface area contributed by atoms with Crippen molar-refractivity contribution in [2.24, 2.45) is 0 Å². The summed E-state index contributed by atoms with van der Waals surface area (Å²) >= 11 is 5.92. The van der Waals surface area contributed by atoms with Crippen molar-refractivity contribution in [1.82, 2.24) is 0 Å². The van der Waals surface area contributed by atoms with Crippen LogP contribution in [0.4, 0.5) is 5.69 Å². The van der Waals surface area contributed by atoms with Crippen LogP contribution < -0.4 is 10.1 Å². The van der Waals surface area contributed by atoms with Crippen molar-refractivity contribution in [2.45, 2.75) is 20.0 Å². The molecule has 0 amide bonds. The lowest BCUT2D eigenvalue weighted by molar-refractivity contribution is 0.224. The lowest BCUT2D eigenvalue weighted by Gasteiger charge is -2.26. The monoisotopic (exact) mass is 197 g/mol. The molecule has 0 saturated carbocycles. The van der Waals surface area contributed by atoms with Crippen LogP contribution in [0.25, 0.3) is 0 Å². The number of nitrogens with one attached hydrogen (secondary N) is 1. The molecule has 13 heavy (non-hydrogen) atoms. The highest BCUT2D eigenvalue weighted by atomic mass is 35.5. The molecular formula is C10H12ClNO. The van der Waals surface area contributed by atoms with Gasteiger partial charge in [-0.15, -0.1) is 0 Å². The number of ether oxygens (including phenoxy) is 1. The maximum atomic E-state index is 5.92. The Hall–Kier alpha value is -0.890. The van der Waals surface area contributed by atoms with Crippen molar-refractivity contribution in [3.05, 3.63) is 22.7 Å². The molecule has 1 N–H and O–H groups in total. The van der Waals surface area contributed by atoms with Gasteiger partial charge in [-0.05, 0) is 31.5 Å². The van der Waals surface area contributed by atoms with E-state index in [1.807, 2.05) is 26.0 Å². The Bertz CT molecular complexity index is 338. The summed E-state index contributed by atoms with van der Waals surface area (Å²) in [4.78, 5) is 0. The third-order valence-corrected chi connectivity index (χ3v) is 2.36. The second-order valence-corrected chi connectivity index (χ2v) is 3.85. The maximum absolute atomic E-state index is 5.92. The number of anilines is 1. The second kappa shape index (κ2) is 3.11. The minimum atomic E-state index is 0.229. The lowest BCUT2D eigenvalue weighted by Crippen LogP contribution is -2.28. The normalized spacial score (nSPS) is 20.1. The van der Waals surface area contributed by atoms with Crippen LogP contribution in [-0.2, 0) is 0 Å². The third-order valence-electron chi connectivity index (χ3n) is 2.14. The van der Waals surface area contributed by atoms with Gasteiger partial charge in [-0.3, -0.25) is 0 Å². The van der Waals surface area contributed by atoms with Crippen molar-refractivity contribution in [3.63, 3.8) is 0 Å². The summed E-state index contributed by atoms with van der Waals surface area (Å²) in [6.07, 6.45) is 0.229. The van der Waals surface area contributed by atoms with Gasteiger partial charge in [0.25, 0.3) is 0 Å².